The number of aromatic carboxylic acids is 1. The van der Waals surface area contributed by atoms with E-state index in [0.717, 1.165) is 0 Å². The topological polar surface area (TPSA) is 75.1 Å². The van der Waals surface area contributed by atoms with Crippen molar-refractivity contribution in [1.29, 1.82) is 0 Å². The summed E-state index contributed by atoms with van der Waals surface area (Å²) in [6, 6.07) is 0. The molecule has 0 aliphatic heterocycles. The Bertz CT molecular complexity index is 323. The maximum absolute atomic E-state index is 10.8. The first kappa shape index (κ1) is 7.59. The van der Waals surface area contributed by atoms with Gasteiger partial charge in [0.2, 0.25) is 0 Å². The van der Waals surface area contributed by atoms with Crippen LogP contribution >= 0.6 is 0 Å². The normalized spacial score (nSPS) is 9.91. The Balaban J connectivity index is 3.18. The van der Waals surface area contributed by atoms with Gasteiger partial charge < -0.3 is 5.11 Å². The van der Waals surface area contributed by atoms with Crippen LogP contribution in [-0.4, -0.2) is 20.9 Å². The molecule has 5 nitrogen and oxygen atoms in total. The van der Waals surface area contributed by atoms with E-state index in [-0.39, 0.29) is 5.56 Å². The van der Waals surface area contributed by atoms with Gasteiger partial charge in [0.15, 0.2) is 0 Å². The van der Waals surface area contributed by atoms with E-state index in [1.807, 2.05) is 6.92 Å². The fourth-order valence-electron chi connectivity index (χ4n) is 0.760. The number of carboxylic acid groups (broad SMARTS) is 1. The third-order valence-corrected chi connectivity index (χ3v) is 1.35. The first-order chi connectivity index (χ1) is 5.15. The van der Waals surface area contributed by atoms with E-state index in [9.17, 15) is 9.59 Å². The number of carboxylic acids is 1. The second-order valence-corrected chi connectivity index (χ2v) is 2.07. The van der Waals surface area contributed by atoms with E-state index in [2.05, 4.69) is 5.10 Å². The summed E-state index contributed by atoms with van der Waals surface area (Å²) in [4.78, 5) is 21.1. The van der Waals surface area contributed by atoms with Gasteiger partial charge in [0.1, 0.15) is 5.56 Å². The highest BCUT2D eigenvalue weighted by Crippen LogP contribution is 1.89. The van der Waals surface area contributed by atoms with Gasteiger partial charge in [0.25, 0.3) is 5.56 Å². The second kappa shape index (κ2) is 2.61. The average Bonchev–Trinajstić information content (AvgIpc) is 2.30. The number of aromatic nitrogens is 2. The summed E-state index contributed by atoms with van der Waals surface area (Å²) in [6.45, 7) is 2.37. The molecule has 0 radical (unpaired) electrons. The molecule has 0 aliphatic carbocycles. The summed E-state index contributed by atoms with van der Waals surface area (Å²) in [7, 11) is 0. The number of aryl methyl sites for hydroxylation is 1. The molecule has 11 heavy (non-hydrogen) atoms. The van der Waals surface area contributed by atoms with Crippen LogP contribution in [0.15, 0.2) is 11.0 Å². The molecule has 0 spiro atoms. The Kier molecular flexibility index (Phi) is 1.80. The molecule has 0 aromatic carbocycles. The predicted octanol–water partition coefficient (Wildman–Crippen LogP) is -0.105. The quantitative estimate of drug-likeness (QED) is 0.627. The lowest BCUT2D eigenvalue weighted by Gasteiger charge is -1.90. The number of carbonyl (C=O) groups is 1. The van der Waals surface area contributed by atoms with Gasteiger partial charge in [0.05, 0.1) is 0 Å². The van der Waals surface area contributed by atoms with Crippen LogP contribution in [-0.2, 0) is 6.54 Å². The minimum Gasteiger partial charge on any atom is -0.477 e. The molecule has 60 valence electrons. The number of nitrogens with one attached hydrogen (secondary N) is 1. The smallest absolute Gasteiger partial charge is 0.342 e. The summed E-state index contributed by atoms with van der Waals surface area (Å²) >= 11 is 0. The average molecular weight is 156 g/mol. The van der Waals surface area contributed by atoms with Gasteiger partial charge in [-0.1, -0.05) is 0 Å². The van der Waals surface area contributed by atoms with Crippen molar-refractivity contribution in [2.75, 3.05) is 0 Å². The monoisotopic (exact) mass is 156 g/mol. The van der Waals surface area contributed by atoms with Crippen molar-refractivity contribution >= 4 is 5.97 Å². The molecule has 1 aromatic rings. The number of rotatable bonds is 2. The van der Waals surface area contributed by atoms with E-state index < -0.39 is 11.5 Å². The summed E-state index contributed by atoms with van der Waals surface area (Å²) in [5.41, 5.74) is -0.772. The largest absolute Gasteiger partial charge is 0.477 e. The molecule has 0 atom stereocenters. The highest BCUT2D eigenvalue weighted by molar-refractivity contribution is 5.86. The molecule has 0 saturated carbocycles. The van der Waals surface area contributed by atoms with Crippen molar-refractivity contribution in [3.63, 3.8) is 0 Å². The van der Waals surface area contributed by atoms with Crippen LogP contribution in [0.1, 0.15) is 17.3 Å². The van der Waals surface area contributed by atoms with E-state index in [0.29, 0.717) is 6.54 Å². The number of H-pyrrole nitrogens is 1. The molecule has 0 saturated heterocycles. The van der Waals surface area contributed by atoms with E-state index in [1.165, 1.54) is 10.9 Å². The van der Waals surface area contributed by atoms with Crippen LogP contribution in [0.4, 0.5) is 0 Å². The van der Waals surface area contributed by atoms with Crippen molar-refractivity contribution in [3.8, 4) is 0 Å². The van der Waals surface area contributed by atoms with Crippen molar-refractivity contribution in [2.24, 2.45) is 0 Å². The third-order valence-electron chi connectivity index (χ3n) is 1.35. The van der Waals surface area contributed by atoms with Crippen molar-refractivity contribution in [3.05, 3.63) is 22.1 Å². The number of aromatic amines is 1. The molecular weight excluding hydrogens is 148 g/mol. The highest BCUT2D eigenvalue weighted by Gasteiger charge is 2.09. The lowest BCUT2D eigenvalue weighted by atomic mass is 10.4. The maximum Gasteiger partial charge on any atom is 0.342 e. The summed E-state index contributed by atoms with van der Waals surface area (Å²) < 4.78 is 1.42. The lowest BCUT2D eigenvalue weighted by molar-refractivity contribution is 0.0695. The van der Waals surface area contributed by atoms with E-state index >= 15 is 0 Å². The van der Waals surface area contributed by atoms with Crippen LogP contribution in [0.5, 0.6) is 0 Å². The molecule has 0 amide bonds. The standard InChI is InChI=1S/C6H8N2O3/c1-2-8-3-4(6(10)11)5(9)7-8/h3H,2H2,1H3,(H,7,9)(H,10,11). The molecule has 1 aromatic heterocycles. The van der Waals surface area contributed by atoms with Crippen LogP contribution in [0, 0.1) is 0 Å². The number of hydrogen-bond acceptors (Lipinski definition) is 2. The summed E-state index contributed by atoms with van der Waals surface area (Å²) in [5, 5.41) is 10.8. The van der Waals surface area contributed by atoms with Gasteiger partial charge in [-0.25, -0.2) is 4.79 Å². The van der Waals surface area contributed by atoms with Crippen LogP contribution in [0.25, 0.3) is 0 Å². The van der Waals surface area contributed by atoms with Crippen molar-refractivity contribution in [2.45, 2.75) is 13.5 Å². The Hall–Kier alpha value is -1.52. The first-order valence-electron chi connectivity index (χ1n) is 3.18. The van der Waals surface area contributed by atoms with E-state index in [1.54, 1.807) is 0 Å². The highest BCUT2D eigenvalue weighted by atomic mass is 16.4. The zero-order valence-electron chi connectivity index (χ0n) is 6.00. The molecule has 2 N–H and O–H groups in total. The minimum atomic E-state index is -1.20. The molecule has 0 bridgehead atoms. The zero-order chi connectivity index (χ0) is 8.43. The number of nitrogens with zero attached hydrogens (tertiary/aromatic N) is 1. The Labute approximate surface area is 62.3 Å². The zero-order valence-corrected chi connectivity index (χ0v) is 6.00. The molecule has 0 fully saturated rings. The fourth-order valence-corrected chi connectivity index (χ4v) is 0.760. The van der Waals surface area contributed by atoms with Crippen LogP contribution < -0.4 is 5.56 Å². The van der Waals surface area contributed by atoms with Crippen molar-refractivity contribution in [1.82, 2.24) is 9.78 Å². The minimum absolute atomic E-state index is 0.216. The Morgan fingerprint density at radius 3 is 2.73 bits per heavy atom. The SMILES string of the molecule is CCn1cc(C(=O)O)c(=O)[nH]1. The van der Waals surface area contributed by atoms with E-state index in [4.69, 9.17) is 5.11 Å². The maximum atomic E-state index is 10.8. The Morgan fingerprint density at radius 1 is 1.82 bits per heavy atom. The van der Waals surface area contributed by atoms with Gasteiger partial charge in [-0.2, -0.15) is 0 Å². The van der Waals surface area contributed by atoms with Crippen LogP contribution in [0.2, 0.25) is 0 Å². The van der Waals surface area contributed by atoms with Gasteiger partial charge in [-0.3, -0.25) is 14.6 Å². The number of hydrogen-bond donors (Lipinski definition) is 2. The molecule has 1 heterocycles. The van der Waals surface area contributed by atoms with Gasteiger partial charge in [-0.05, 0) is 6.92 Å². The van der Waals surface area contributed by atoms with Crippen molar-refractivity contribution < 1.29 is 9.90 Å². The van der Waals surface area contributed by atoms with Gasteiger partial charge in [0, 0.05) is 12.7 Å². The molecular formula is C6H8N2O3. The summed E-state index contributed by atoms with van der Waals surface area (Å²) in [6.07, 6.45) is 1.28. The van der Waals surface area contributed by atoms with Gasteiger partial charge >= 0.3 is 5.97 Å². The molecule has 0 aliphatic rings. The fraction of sp³-hybridized carbons (Fsp3) is 0.333. The Morgan fingerprint density at radius 2 is 2.45 bits per heavy atom. The van der Waals surface area contributed by atoms with Gasteiger partial charge in [-0.15, -0.1) is 0 Å². The summed E-state index contributed by atoms with van der Waals surface area (Å²) in [5.74, 6) is -1.20. The second-order valence-electron chi connectivity index (χ2n) is 2.07. The molecule has 1 rings (SSSR count). The van der Waals surface area contributed by atoms with Crippen LogP contribution in [0.3, 0.4) is 0 Å². The molecule has 5 heteroatoms. The lowest BCUT2D eigenvalue weighted by Crippen LogP contribution is -2.11. The third kappa shape index (κ3) is 1.31. The predicted molar refractivity (Wildman–Crippen MR) is 37.7 cm³/mol. The first-order valence-corrected chi connectivity index (χ1v) is 3.18. The molecule has 0 unspecified atom stereocenters.